The molecule has 6 nitrogen and oxygen atoms in total. The van der Waals surface area contributed by atoms with E-state index in [0.717, 1.165) is 13.0 Å². The molecule has 1 aliphatic carbocycles. The Morgan fingerprint density at radius 2 is 2.14 bits per heavy atom. The summed E-state index contributed by atoms with van der Waals surface area (Å²) in [6.45, 7) is 5.17. The first-order chi connectivity index (χ1) is 13.4. The summed E-state index contributed by atoms with van der Waals surface area (Å²) in [4.78, 5) is 4.60. The van der Waals surface area contributed by atoms with Crippen LogP contribution in [0.25, 0.3) is 0 Å². The summed E-state index contributed by atoms with van der Waals surface area (Å²) < 4.78 is 41.1. The Morgan fingerprint density at radius 3 is 2.79 bits per heavy atom. The number of methoxy groups -OCH3 is 1. The summed E-state index contributed by atoms with van der Waals surface area (Å²) in [5.41, 5.74) is 0.578. The third-order valence-corrected chi connectivity index (χ3v) is 5.63. The first-order valence-corrected chi connectivity index (χ1v) is 9.65. The van der Waals surface area contributed by atoms with Crippen molar-refractivity contribution in [2.45, 2.75) is 52.5 Å². The van der Waals surface area contributed by atoms with Crippen molar-refractivity contribution in [1.82, 2.24) is 10.6 Å². The van der Waals surface area contributed by atoms with Crippen molar-refractivity contribution in [2.24, 2.45) is 16.3 Å². The SMILES string of the molecule is CCNC(=NCc1ccc(OC)cc1OC(F)F)NC1C2CCOC2C1(C)C.I. The van der Waals surface area contributed by atoms with Crippen LogP contribution in [0.3, 0.4) is 0 Å². The second-order valence-electron chi connectivity index (χ2n) is 7.73. The Kier molecular flexibility index (Phi) is 8.33. The summed E-state index contributed by atoms with van der Waals surface area (Å²) in [6.07, 6.45) is 1.32. The van der Waals surface area contributed by atoms with E-state index in [1.807, 2.05) is 6.92 Å². The number of aliphatic imine (C=N–C) groups is 1. The van der Waals surface area contributed by atoms with Crippen molar-refractivity contribution < 1.29 is 23.0 Å². The number of halogens is 3. The van der Waals surface area contributed by atoms with Gasteiger partial charge >= 0.3 is 6.61 Å². The number of benzene rings is 1. The summed E-state index contributed by atoms with van der Waals surface area (Å²) in [6, 6.07) is 5.11. The number of hydrogen-bond acceptors (Lipinski definition) is 4. The third kappa shape index (κ3) is 5.22. The van der Waals surface area contributed by atoms with Gasteiger partial charge in [-0.25, -0.2) is 4.99 Å². The number of ether oxygens (including phenoxy) is 3. The van der Waals surface area contributed by atoms with Crippen LogP contribution in [0.15, 0.2) is 23.2 Å². The Labute approximate surface area is 187 Å². The van der Waals surface area contributed by atoms with Gasteiger partial charge in [0.15, 0.2) is 5.96 Å². The molecule has 1 saturated heterocycles. The van der Waals surface area contributed by atoms with Gasteiger partial charge in [0.2, 0.25) is 0 Å². The van der Waals surface area contributed by atoms with Crippen LogP contribution in [0.2, 0.25) is 0 Å². The lowest BCUT2D eigenvalue weighted by Crippen LogP contribution is -2.67. The molecule has 3 rings (SSSR count). The summed E-state index contributed by atoms with van der Waals surface area (Å²) in [7, 11) is 1.48. The molecule has 9 heteroatoms. The van der Waals surface area contributed by atoms with Gasteiger partial charge in [0, 0.05) is 42.2 Å². The molecule has 1 heterocycles. The van der Waals surface area contributed by atoms with E-state index in [2.05, 4.69) is 34.2 Å². The maximum Gasteiger partial charge on any atom is 0.387 e. The lowest BCUT2D eigenvalue weighted by Gasteiger charge is -2.54. The van der Waals surface area contributed by atoms with Gasteiger partial charge in [-0.2, -0.15) is 8.78 Å². The second-order valence-corrected chi connectivity index (χ2v) is 7.73. The predicted molar refractivity (Wildman–Crippen MR) is 118 cm³/mol. The van der Waals surface area contributed by atoms with Crippen molar-refractivity contribution >= 4 is 29.9 Å². The number of guanidine groups is 1. The highest BCUT2D eigenvalue weighted by molar-refractivity contribution is 14.0. The first kappa shape index (κ1) is 23.9. The van der Waals surface area contributed by atoms with Crippen molar-refractivity contribution in [2.75, 3.05) is 20.3 Å². The maximum atomic E-state index is 12.8. The Bertz CT molecular complexity index is 718. The monoisotopic (exact) mass is 525 g/mol. The highest BCUT2D eigenvalue weighted by Crippen LogP contribution is 2.52. The normalized spacial score (nSPS) is 24.9. The zero-order valence-corrected chi connectivity index (χ0v) is 19.5. The summed E-state index contributed by atoms with van der Waals surface area (Å²) in [5, 5.41) is 6.75. The summed E-state index contributed by atoms with van der Waals surface area (Å²) >= 11 is 0. The molecule has 3 atom stereocenters. The van der Waals surface area contributed by atoms with Crippen LogP contribution in [0.4, 0.5) is 8.78 Å². The highest BCUT2D eigenvalue weighted by atomic mass is 127. The van der Waals surface area contributed by atoms with E-state index in [1.165, 1.54) is 13.2 Å². The highest BCUT2D eigenvalue weighted by Gasteiger charge is 2.59. The molecule has 2 aliphatic rings. The molecule has 1 aromatic carbocycles. The molecule has 0 radical (unpaired) electrons. The molecular weight excluding hydrogens is 495 g/mol. The number of nitrogens with one attached hydrogen (secondary N) is 2. The lowest BCUT2D eigenvalue weighted by atomic mass is 9.57. The molecule has 2 N–H and O–H groups in total. The Balaban J connectivity index is 0.00000300. The molecular formula is C20H30F2IN3O3. The minimum absolute atomic E-state index is 0. The molecule has 2 fully saturated rings. The van der Waals surface area contributed by atoms with Crippen molar-refractivity contribution in [1.29, 1.82) is 0 Å². The van der Waals surface area contributed by atoms with E-state index in [4.69, 9.17) is 9.47 Å². The molecule has 0 spiro atoms. The van der Waals surface area contributed by atoms with Gasteiger partial charge in [0.1, 0.15) is 11.5 Å². The fraction of sp³-hybridized carbons (Fsp3) is 0.650. The number of nitrogens with zero attached hydrogens (tertiary/aromatic N) is 1. The minimum Gasteiger partial charge on any atom is -0.497 e. The van der Waals surface area contributed by atoms with Gasteiger partial charge in [-0.1, -0.05) is 13.8 Å². The van der Waals surface area contributed by atoms with Crippen LogP contribution < -0.4 is 20.1 Å². The topological polar surface area (TPSA) is 64.1 Å². The fourth-order valence-corrected chi connectivity index (χ4v) is 4.25. The first-order valence-electron chi connectivity index (χ1n) is 9.65. The molecule has 0 aromatic heterocycles. The van der Waals surface area contributed by atoms with Crippen LogP contribution in [0.1, 0.15) is 32.8 Å². The van der Waals surface area contributed by atoms with Gasteiger partial charge in [-0.15, -0.1) is 24.0 Å². The van der Waals surface area contributed by atoms with Crippen molar-refractivity contribution in [3.63, 3.8) is 0 Å². The average molecular weight is 525 g/mol. The maximum absolute atomic E-state index is 12.8. The third-order valence-electron chi connectivity index (χ3n) is 5.63. The van der Waals surface area contributed by atoms with Gasteiger partial charge in [-0.3, -0.25) is 0 Å². The van der Waals surface area contributed by atoms with Crippen LogP contribution >= 0.6 is 24.0 Å². The smallest absolute Gasteiger partial charge is 0.387 e. The van der Waals surface area contributed by atoms with Gasteiger partial charge in [0.25, 0.3) is 0 Å². The van der Waals surface area contributed by atoms with Gasteiger partial charge < -0.3 is 24.8 Å². The molecule has 3 unspecified atom stereocenters. The molecule has 1 aliphatic heterocycles. The Morgan fingerprint density at radius 1 is 1.38 bits per heavy atom. The quantitative estimate of drug-likeness (QED) is 0.323. The zero-order chi connectivity index (χ0) is 20.3. The molecule has 1 aromatic rings. The van der Waals surface area contributed by atoms with Crippen LogP contribution in [0.5, 0.6) is 11.5 Å². The van der Waals surface area contributed by atoms with Crippen LogP contribution in [0, 0.1) is 11.3 Å². The fourth-order valence-electron chi connectivity index (χ4n) is 4.25. The van der Waals surface area contributed by atoms with E-state index >= 15 is 0 Å². The van der Waals surface area contributed by atoms with E-state index in [0.29, 0.717) is 29.7 Å². The second kappa shape index (κ2) is 10.1. The van der Waals surface area contributed by atoms with E-state index in [9.17, 15) is 8.78 Å². The van der Waals surface area contributed by atoms with Crippen molar-refractivity contribution in [3.8, 4) is 11.5 Å². The number of alkyl halides is 2. The van der Waals surface area contributed by atoms with Crippen LogP contribution in [-0.2, 0) is 11.3 Å². The molecule has 1 saturated carbocycles. The van der Waals surface area contributed by atoms with E-state index < -0.39 is 6.61 Å². The standard InChI is InChI=1S/C20H29F2N3O3.HI/c1-5-23-19(25-16-14-8-9-27-17(14)20(16,2)3)24-11-12-6-7-13(26-4)10-15(12)28-18(21)22;/h6-7,10,14,16-18H,5,8-9,11H2,1-4H3,(H2,23,24,25);1H. The van der Waals surface area contributed by atoms with Crippen molar-refractivity contribution in [3.05, 3.63) is 23.8 Å². The zero-order valence-electron chi connectivity index (χ0n) is 17.2. The van der Waals surface area contributed by atoms with Gasteiger partial charge in [-0.05, 0) is 25.5 Å². The number of rotatable bonds is 7. The predicted octanol–water partition coefficient (Wildman–Crippen LogP) is 3.78. The molecule has 0 bridgehead atoms. The number of fused-ring (bicyclic) bond motifs is 1. The average Bonchev–Trinajstić information content (AvgIpc) is 3.11. The van der Waals surface area contributed by atoms with Gasteiger partial charge in [0.05, 0.1) is 19.8 Å². The molecule has 0 amide bonds. The molecule has 29 heavy (non-hydrogen) atoms. The van der Waals surface area contributed by atoms with Crippen LogP contribution in [-0.4, -0.2) is 45.0 Å². The largest absolute Gasteiger partial charge is 0.497 e. The van der Waals surface area contributed by atoms with E-state index in [-0.39, 0.29) is 53.8 Å². The van der Waals surface area contributed by atoms with E-state index in [1.54, 1.807) is 12.1 Å². The number of hydrogen-bond donors (Lipinski definition) is 2. The summed E-state index contributed by atoms with van der Waals surface area (Å²) in [5.74, 6) is 1.65. The minimum atomic E-state index is -2.91. The lowest BCUT2D eigenvalue weighted by molar-refractivity contribution is -0.106. The molecule has 164 valence electrons. The Hall–Kier alpha value is -1.36.